The fraction of sp³-hybridized carbons (Fsp3) is 0.261. The molecule has 0 aliphatic heterocycles. The average Bonchev–Trinajstić information content (AvgIpc) is 3.05. The van der Waals surface area contributed by atoms with Gasteiger partial charge in [-0.3, -0.25) is 9.48 Å². The number of carbonyl (C=O) groups is 1. The second-order valence-corrected chi connectivity index (χ2v) is 7.29. The van der Waals surface area contributed by atoms with E-state index in [-0.39, 0.29) is 5.91 Å². The highest BCUT2D eigenvalue weighted by molar-refractivity contribution is 5.92. The third-order valence-corrected chi connectivity index (χ3v) is 5.02. The van der Waals surface area contributed by atoms with Crippen molar-refractivity contribution in [2.75, 3.05) is 12.3 Å². The van der Waals surface area contributed by atoms with E-state index in [1.165, 1.54) is 11.8 Å². The van der Waals surface area contributed by atoms with Gasteiger partial charge in [-0.05, 0) is 67.1 Å². The number of aromatic nitrogens is 2. The van der Waals surface area contributed by atoms with Crippen LogP contribution in [0.3, 0.4) is 0 Å². The molecule has 29 heavy (non-hydrogen) atoms. The third kappa shape index (κ3) is 4.71. The lowest BCUT2D eigenvalue weighted by Gasteiger charge is -2.10. The van der Waals surface area contributed by atoms with Gasteiger partial charge in [0.15, 0.2) is 0 Å². The summed E-state index contributed by atoms with van der Waals surface area (Å²) >= 11 is 0. The number of aryl methyl sites for hydroxylation is 4. The summed E-state index contributed by atoms with van der Waals surface area (Å²) in [6.07, 6.45) is 3.04. The van der Waals surface area contributed by atoms with Crippen molar-refractivity contribution in [3.05, 3.63) is 70.5 Å². The van der Waals surface area contributed by atoms with E-state index in [2.05, 4.69) is 34.7 Å². The van der Waals surface area contributed by atoms with Crippen LogP contribution >= 0.6 is 0 Å². The molecule has 2 aromatic carbocycles. The molecular formula is C23H27N5O. The Bertz CT molecular complexity index is 1030. The van der Waals surface area contributed by atoms with Crippen LogP contribution in [0.5, 0.6) is 0 Å². The van der Waals surface area contributed by atoms with Gasteiger partial charge in [0.05, 0.1) is 5.69 Å². The van der Waals surface area contributed by atoms with Gasteiger partial charge in [-0.2, -0.15) is 5.10 Å². The fourth-order valence-corrected chi connectivity index (χ4v) is 3.38. The molecule has 6 heteroatoms. The van der Waals surface area contributed by atoms with E-state index in [9.17, 15) is 4.79 Å². The summed E-state index contributed by atoms with van der Waals surface area (Å²) in [6, 6.07) is 14.2. The zero-order valence-corrected chi connectivity index (χ0v) is 17.1. The number of carbonyl (C=O) groups excluding carboxylic acids is 1. The van der Waals surface area contributed by atoms with Crippen LogP contribution < -0.4 is 11.1 Å². The maximum atomic E-state index is 12.2. The molecule has 0 saturated carbocycles. The molecule has 3 aromatic rings. The number of amides is 1. The van der Waals surface area contributed by atoms with Crippen LogP contribution in [0.2, 0.25) is 0 Å². The number of nitrogen functional groups attached to an aromatic ring is 1. The Kier molecular flexibility index (Phi) is 6.12. The standard InChI is InChI=1S/C23H27N5O/c1-15-11-19(13-20(14-24)22(15)25)18-8-6-17(7-9-18)5-4-10-26-23(29)21-12-16(2)27-28(21)3/h6-9,11-14,24H,4-5,10,25H2,1-3H3,(H,26,29). The van der Waals surface area contributed by atoms with Gasteiger partial charge in [0.1, 0.15) is 5.69 Å². The Labute approximate surface area is 171 Å². The minimum absolute atomic E-state index is 0.0934. The summed E-state index contributed by atoms with van der Waals surface area (Å²) in [7, 11) is 1.77. The Morgan fingerprint density at radius 1 is 1.17 bits per heavy atom. The number of rotatable bonds is 7. The zero-order valence-electron chi connectivity index (χ0n) is 17.1. The molecule has 0 aliphatic rings. The molecule has 0 saturated heterocycles. The van der Waals surface area contributed by atoms with Crippen LogP contribution in [0.15, 0.2) is 42.5 Å². The van der Waals surface area contributed by atoms with E-state index in [0.717, 1.165) is 40.8 Å². The van der Waals surface area contributed by atoms with E-state index in [1.807, 2.05) is 26.0 Å². The molecule has 0 spiro atoms. The van der Waals surface area contributed by atoms with Crippen LogP contribution in [-0.4, -0.2) is 28.4 Å². The summed E-state index contributed by atoms with van der Waals surface area (Å²) in [5.41, 5.74) is 13.2. The number of nitrogens with one attached hydrogen (secondary N) is 2. The van der Waals surface area contributed by atoms with Gasteiger partial charge in [0.2, 0.25) is 0 Å². The largest absolute Gasteiger partial charge is 0.398 e. The van der Waals surface area contributed by atoms with Gasteiger partial charge < -0.3 is 16.5 Å². The SMILES string of the molecule is Cc1cc(C(=O)NCCCc2ccc(-c3cc(C)c(N)c(C=N)c3)cc2)n(C)n1. The summed E-state index contributed by atoms with van der Waals surface area (Å²) in [4.78, 5) is 12.2. The predicted octanol–water partition coefficient (Wildman–Crippen LogP) is 3.65. The highest BCUT2D eigenvalue weighted by atomic mass is 16.2. The maximum absolute atomic E-state index is 12.2. The van der Waals surface area contributed by atoms with Crippen molar-refractivity contribution in [2.45, 2.75) is 26.7 Å². The molecular weight excluding hydrogens is 362 g/mol. The number of hydrogen-bond acceptors (Lipinski definition) is 4. The first kappa shape index (κ1) is 20.3. The lowest BCUT2D eigenvalue weighted by atomic mass is 9.97. The summed E-state index contributed by atoms with van der Waals surface area (Å²) in [5, 5.41) is 14.7. The molecule has 0 aliphatic carbocycles. The van der Waals surface area contributed by atoms with Crippen LogP contribution in [0.25, 0.3) is 11.1 Å². The van der Waals surface area contributed by atoms with E-state index >= 15 is 0 Å². The van der Waals surface area contributed by atoms with Gasteiger partial charge >= 0.3 is 0 Å². The van der Waals surface area contributed by atoms with E-state index < -0.39 is 0 Å². The van der Waals surface area contributed by atoms with Crippen molar-refractivity contribution in [2.24, 2.45) is 7.05 Å². The van der Waals surface area contributed by atoms with Crippen molar-refractivity contribution in [1.82, 2.24) is 15.1 Å². The predicted molar refractivity (Wildman–Crippen MR) is 118 cm³/mol. The quantitative estimate of drug-likeness (QED) is 0.327. The van der Waals surface area contributed by atoms with Gasteiger partial charge in [-0.1, -0.05) is 24.3 Å². The zero-order chi connectivity index (χ0) is 21.0. The molecule has 4 N–H and O–H groups in total. The van der Waals surface area contributed by atoms with Gasteiger partial charge in [-0.25, -0.2) is 0 Å². The summed E-state index contributed by atoms with van der Waals surface area (Å²) in [6.45, 7) is 4.45. The van der Waals surface area contributed by atoms with Crippen LogP contribution in [0.1, 0.15) is 39.3 Å². The molecule has 3 rings (SSSR count). The highest BCUT2D eigenvalue weighted by Crippen LogP contribution is 2.26. The van der Waals surface area contributed by atoms with Gasteiger partial charge in [0.25, 0.3) is 5.91 Å². The van der Waals surface area contributed by atoms with Gasteiger partial charge in [-0.15, -0.1) is 0 Å². The van der Waals surface area contributed by atoms with Crippen molar-refractivity contribution in [3.63, 3.8) is 0 Å². The number of nitrogens with zero attached hydrogens (tertiary/aromatic N) is 2. The minimum Gasteiger partial charge on any atom is -0.398 e. The second kappa shape index (κ2) is 8.73. The van der Waals surface area contributed by atoms with Gasteiger partial charge in [0, 0.05) is 31.1 Å². The molecule has 1 aromatic heterocycles. The first-order valence-corrected chi connectivity index (χ1v) is 9.68. The lowest BCUT2D eigenvalue weighted by Crippen LogP contribution is -2.26. The smallest absolute Gasteiger partial charge is 0.269 e. The Morgan fingerprint density at radius 2 is 1.90 bits per heavy atom. The minimum atomic E-state index is -0.0934. The molecule has 0 fully saturated rings. The second-order valence-electron chi connectivity index (χ2n) is 7.29. The summed E-state index contributed by atoms with van der Waals surface area (Å²) < 4.78 is 1.60. The molecule has 0 radical (unpaired) electrons. The van der Waals surface area contributed by atoms with E-state index in [4.69, 9.17) is 11.1 Å². The normalized spacial score (nSPS) is 10.7. The molecule has 0 bridgehead atoms. The van der Waals surface area contributed by atoms with Crippen LogP contribution in [0, 0.1) is 19.3 Å². The maximum Gasteiger partial charge on any atom is 0.269 e. The third-order valence-electron chi connectivity index (χ3n) is 5.02. The molecule has 0 unspecified atom stereocenters. The monoisotopic (exact) mass is 389 g/mol. The first-order chi connectivity index (χ1) is 13.9. The Hall–Kier alpha value is -3.41. The van der Waals surface area contributed by atoms with E-state index in [0.29, 0.717) is 17.9 Å². The molecule has 0 atom stereocenters. The van der Waals surface area contributed by atoms with Crippen LogP contribution in [-0.2, 0) is 13.5 Å². The average molecular weight is 390 g/mol. The van der Waals surface area contributed by atoms with Crippen LogP contribution in [0.4, 0.5) is 5.69 Å². The summed E-state index contributed by atoms with van der Waals surface area (Å²) in [5.74, 6) is -0.0934. The molecule has 1 amide bonds. The van der Waals surface area contributed by atoms with Crippen molar-refractivity contribution >= 4 is 17.8 Å². The van der Waals surface area contributed by atoms with Crippen molar-refractivity contribution in [1.29, 1.82) is 5.41 Å². The molecule has 150 valence electrons. The highest BCUT2D eigenvalue weighted by Gasteiger charge is 2.11. The van der Waals surface area contributed by atoms with Crippen molar-refractivity contribution in [3.8, 4) is 11.1 Å². The fourth-order valence-electron chi connectivity index (χ4n) is 3.38. The first-order valence-electron chi connectivity index (χ1n) is 9.68. The van der Waals surface area contributed by atoms with E-state index in [1.54, 1.807) is 17.8 Å². The number of nitrogens with two attached hydrogens (primary N) is 1. The Balaban J connectivity index is 1.56. The Morgan fingerprint density at radius 3 is 2.52 bits per heavy atom. The molecule has 1 heterocycles. The topological polar surface area (TPSA) is 96.8 Å². The lowest BCUT2D eigenvalue weighted by molar-refractivity contribution is 0.0944. The molecule has 6 nitrogen and oxygen atoms in total. The van der Waals surface area contributed by atoms with Crippen molar-refractivity contribution < 1.29 is 4.79 Å². The number of anilines is 1. The number of hydrogen-bond donors (Lipinski definition) is 3. The number of benzene rings is 2.